The van der Waals surface area contributed by atoms with E-state index < -0.39 is 0 Å². The third-order valence-electron chi connectivity index (χ3n) is 3.03. The van der Waals surface area contributed by atoms with Crippen LogP contribution in [0.25, 0.3) is 0 Å². The molecule has 0 amide bonds. The molecular formula is C14H23N5. The van der Waals surface area contributed by atoms with Gasteiger partial charge in [0.2, 0.25) is 5.96 Å². The van der Waals surface area contributed by atoms with Crippen LogP contribution < -0.4 is 16.4 Å². The second-order valence-electron chi connectivity index (χ2n) is 4.27. The maximum Gasteiger partial charge on any atom is 0.225 e. The van der Waals surface area contributed by atoms with Gasteiger partial charge in [-0.05, 0) is 37.0 Å². The second-order valence-corrected chi connectivity index (χ2v) is 4.27. The van der Waals surface area contributed by atoms with Crippen molar-refractivity contribution < 1.29 is 0 Å². The molecule has 0 unspecified atom stereocenters. The van der Waals surface area contributed by atoms with E-state index in [1.54, 1.807) is 4.90 Å². The predicted molar refractivity (Wildman–Crippen MR) is 81.8 cm³/mol. The van der Waals surface area contributed by atoms with E-state index >= 15 is 0 Å². The predicted octanol–water partition coefficient (Wildman–Crippen LogP) is 1.85. The quantitative estimate of drug-likeness (QED) is 0.570. The molecule has 0 heterocycles. The summed E-state index contributed by atoms with van der Waals surface area (Å²) in [5, 5.41) is 7.96. The van der Waals surface area contributed by atoms with Crippen LogP contribution in [0, 0.1) is 5.41 Å². The van der Waals surface area contributed by atoms with Crippen molar-refractivity contribution in [1.82, 2.24) is 0 Å². The molecule has 0 radical (unpaired) electrons. The van der Waals surface area contributed by atoms with Crippen molar-refractivity contribution in [1.29, 1.82) is 5.41 Å². The number of aryl methyl sites for hydroxylation is 2. The third-order valence-corrected chi connectivity index (χ3v) is 3.03. The van der Waals surface area contributed by atoms with Crippen molar-refractivity contribution in [3.63, 3.8) is 0 Å². The summed E-state index contributed by atoms with van der Waals surface area (Å²) in [7, 11) is 0. The number of hydrogen-bond acceptors (Lipinski definition) is 1. The van der Waals surface area contributed by atoms with Gasteiger partial charge in [-0.1, -0.05) is 26.0 Å². The fourth-order valence-corrected chi connectivity index (χ4v) is 2.02. The highest BCUT2D eigenvalue weighted by Gasteiger charge is 2.13. The van der Waals surface area contributed by atoms with Crippen molar-refractivity contribution in [2.24, 2.45) is 16.5 Å². The molecule has 0 spiro atoms. The molecule has 104 valence electrons. The monoisotopic (exact) mass is 261 g/mol. The fraction of sp³-hybridized carbons (Fsp3) is 0.429. The van der Waals surface area contributed by atoms with Crippen LogP contribution in [-0.4, -0.2) is 18.5 Å². The fourth-order valence-electron chi connectivity index (χ4n) is 2.02. The lowest BCUT2D eigenvalue weighted by molar-refractivity contribution is 0.995. The number of guanidine groups is 2. The maximum absolute atomic E-state index is 7.96. The first-order valence-electron chi connectivity index (χ1n) is 6.60. The molecule has 0 aliphatic carbocycles. The molecular weight excluding hydrogens is 238 g/mol. The first kappa shape index (κ1) is 15.0. The molecule has 0 aromatic heterocycles. The Hall–Kier alpha value is -2.04. The zero-order chi connectivity index (χ0) is 14.4. The van der Waals surface area contributed by atoms with Crippen molar-refractivity contribution in [2.45, 2.75) is 33.6 Å². The normalized spacial score (nSPS) is 10.1. The van der Waals surface area contributed by atoms with Gasteiger partial charge in [0, 0.05) is 12.2 Å². The molecule has 0 atom stereocenters. The molecule has 0 saturated heterocycles. The van der Waals surface area contributed by atoms with Gasteiger partial charge < -0.3 is 16.4 Å². The Morgan fingerprint density at radius 2 is 1.89 bits per heavy atom. The molecule has 0 saturated carbocycles. The molecule has 0 aliphatic heterocycles. The van der Waals surface area contributed by atoms with Gasteiger partial charge in [0.1, 0.15) is 0 Å². The van der Waals surface area contributed by atoms with Crippen LogP contribution in [0.15, 0.2) is 23.2 Å². The molecule has 1 rings (SSSR count). The van der Waals surface area contributed by atoms with Crippen molar-refractivity contribution in [3.8, 4) is 0 Å². The van der Waals surface area contributed by atoms with Gasteiger partial charge in [-0.25, -0.2) is 0 Å². The molecule has 5 heteroatoms. The molecule has 0 fully saturated rings. The highest BCUT2D eigenvalue weighted by Crippen LogP contribution is 2.23. The number of anilines is 1. The molecule has 5 N–H and O–H groups in total. The lowest BCUT2D eigenvalue weighted by Gasteiger charge is -2.24. The highest BCUT2D eigenvalue weighted by atomic mass is 15.3. The summed E-state index contributed by atoms with van der Waals surface area (Å²) < 4.78 is 0. The minimum Gasteiger partial charge on any atom is -0.370 e. The summed E-state index contributed by atoms with van der Waals surface area (Å²) in [6, 6.07) is 6.30. The summed E-state index contributed by atoms with van der Waals surface area (Å²) in [6.07, 6.45) is 1.92. The van der Waals surface area contributed by atoms with E-state index in [2.05, 4.69) is 31.0 Å². The number of nitrogens with zero attached hydrogens (tertiary/aromatic N) is 2. The average Bonchev–Trinajstić information content (AvgIpc) is 2.39. The Kier molecular flexibility index (Phi) is 5.36. The number of rotatable bonds is 4. The van der Waals surface area contributed by atoms with Crippen molar-refractivity contribution in [3.05, 3.63) is 29.3 Å². The van der Waals surface area contributed by atoms with E-state index in [1.165, 1.54) is 11.1 Å². The van der Waals surface area contributed by atoms with E-state index in [0.717, 1.165) is 18.5 Å². The summed E-state index contributed by atoms with van der Waals surface area (Å²) in [5.41, 5.74) is 14.2. The minimum atomic E-state index is -0.0910. The van der Waals surface area contributed by atoms with Crippen LogP contribution >= 0.6 is 0 Å². The zero-order valence-electron chi connectivity index (χ0n) is 11.9. The topological polar surface area (TPSA) is 91.5 Å². The molecule has 5 nitrogen and oxygen atoms in total. The Morgan fingerprint density at radius 3 is 2.37 bits per heavy atom. The molecule has 0 bridgehead atoms. The van der Waals surface area contributed by atoms with Gasteiger partial charge in [0.15, 0.2) is 5.96 Å². The smallest absolute Gasteiger partial charge is 0.225 e. The zero-order valence-corrected chi connectivity index (χ0v) is 11.9. The number of benzene rings is 1. The summed E-state index contributed by atoms with van der Waals surface area (Å²) in [5.74, 6) is -0.0203. The van der Waals surface area contributed by atoms with Gasteiger partial charge in [0.05, 0.1) is 0 Å². The number of nitrogens with one attached hydrogen (secondary N) is 1. The van der Waals surface area contributed by atoms with Crippen molar-refractivity contribution in [2.75, 3.05) is 11.4 Å². The summed E-state index contributed by atoms with van der Waals surface area (Å²) >= 11 is 0. The number of nitrogens with two attached hydrogens (primary N) is 2. The van der Waals surface area contributed by atoms with Crippen LogP contribution in [-0.2, 0) is 12.8 Å². The molecule has 1 aromatic rings. The lowest BCUT2D eigenvalue weighted by Crippen LogP contribution is -2.33. The van der Waals surface area contributed by atoms with E-state index in [9.17, 15) is 0 Å². The Bertz CT molecular complexity index is 475. The van der Waals surface area contributed by atoms with Crippen LogP contribution in [0.1, 0.15) is 31.9 Å². The molecule has 0 aliphatic rings. The first-order chi connectivity index (χ1) is 9.03. The largest absolute Gasteiger partial charge is 0.370 e. The van der Waals surface area contributed by atoms with Crippen molar-refractivity contribution >= 4 is 17.6 Å². The minimum absolute atomic E-state index is 0.0708. The van der Waals surface area contributed by atoms with E-state index in [-0.39, 0.29) is 11.9 Å². The summed E-state index contributed by atoms with van der Waals surface area (Å²) in [6.45, 7) is 6.86. The van der Waals surface area contributed by atoms with Gasteiger partial charge in [-0.15, -0.1) is 0 Å². The van der Waals surface area contributed by atoms with Gasteiger partial charge >= 0.3 is 0 Å². The van der Waals surface area contributed by atoms with Gasteiger partial charge in [-0.2, -0.15) is 4.99 Å². The average molecular weight is 261 g/mol. The summed E-state index contributed by atoms with van der Waals surface area (Å²) in [4.78, 5) is 5.63. The number of hydrogen-bond donors (Lipinski definition) is 3. The second kappa shape index (κ2) is 6.78. The first-order valence-corrected chi connectivity index (χ1v) is 6.60. The Balaban J connectivity index is 3.18. The highest BCUT2D eigenvalue weighted by molar-refractivity contribution is 6.01. The van der Waals surface area contributed by atoms with Crippen LogP contribution in [0.2, 0.25) is 0 Å². The van der Waals surface area contributed by atoms with Gasteiger partial charge in [-0.3, -0.25) is 5.41 Å². The number of aliphatic imine (C=N–C) groups is 1. The van der Waals surface area contributed by atoms with Crippen LogP contribution in [0.4, 0.5) is 5.69 Å². The lowest BCUT2D eigenvalue weighted by atomic mass is 10.0. The Morgan fingerprint density at radius 1 is 1.21 bits per heavy atom. The standard InChI is InChI=1S/C14H23N5/c1-4-10-7-8-12(11(5-2)9-10)19(6-3)14(17)18-13(15)16/h7-9H,4-6H2,1-3H3,(H5,15,16,17,18). The van der Waals surface area contributed by atoms with E-state index in [0.29, 0.717) is 6.54 Å². The molecule has 1 aromatic carbocycles. The molecule has 19 heavy (non-hydrogen) atoms. The third kappa shape index (κ3) is 3.71. The van der Waals surface area contributed by atoms with E-state index in [1.807, 2.05) is 13.0 Å². The van der Waals surface area contributed by atoms with E-state index in [4.69, 9.17) is 16.9 Å². The SMILES string of the molecule is CCc1ccc(N(CC)C(=N)N=C(N)N)c(CC)c1. The van der Waals surface area contributed by atoms with Gasteiger partial charge in [0.25, 0.3) is 0 Å². The van der Waals surface area contributed by atoms with Crippen LogP contribution in [0.3, 0.4) is 0 Å². The van der Waals surface area contributed by atoms with Crippen LogP contribution in [0.5, 0.6) is 0 Å². The maximum atomic E-state index is 7.96. The Labute approximate surface area is 114 Å².